The van der Waals surface area contributed by atoms with Gasteiger partial charge in [-0.2, -0.15) is 0 Å². The van der Waals surface area contributed by atoms with Crippen molar-refractivity contribution in [1.82, 2.24) is 0 Å². The zero-order chi connectivity index (χ0) is 11.7. The van der Waals surface area contributed by atoms with E-state index in [1.165, 1.54) is 29.5 Å². The maximum Gasteiger partial charge on any atom is 0.118 e. The number of rotatable bonds is 2. The first kappa shape index (κ1) is 10.4. The molecule has 0 bridgehead atoms. The molecule has 17 heavy (non-hydrogen) atoms. The number of benzene rings is 2. The van der Waals surface area contributed by atoms with Crippen LogP contribution in [-0.2, 0) is 12.8 Å². The molecule has 0 amide bonds. The quantitative estimate of drug-likeness (QED) is 0.757. The molecule has 0 aliphatic heterocycles. The predicted octanol–water partition coefficient (Wildman–Crippen LogP) is 3.58. The molecule has 2 aromatic rings. The van der Waals surface area contributed by atoms with Crippen LogP contribution in [0.15, 0.2) is 48.5 Å². The summed E-state index contributed by atoms with van der Waals surface area (Å²) in [6, 6.07) is 17.3. The third kappa shape index (κ3) is 1.93. The Labute approximate surface area is 102 Å². The molecule has 0 heterocycles. The van der Waals surface area contributed by atoms with Gasteiger partial charge in [0.15, 0.2) is 0 Å². The predicted molar refractivity (Wildman–Crippen MR) is 69.6 cm³/mol. The van der Waals surface area contributed by atoms with Gasteiger partial charge in [0, 0.05) is 0 Å². The minimum Gasteiger partial charge on any atom is -0.497 e. The van der Waals surface area contributed by atoms with Crippen molar-refractivity contribution < 1.29 is 4.74 Å². The molecule has 0 N–H and O–H groups in total. The summed E-state index contributed by atoms with van der Waals surface area (Å²) in [6.07, 6.45) is 2.34. The molecule has 1 aliphatic carbocycles. The van der Waals surface area contributed by atoms with Crippen molar-refractivity contribution in [3.8, 4) is 5.75 Å². The second kappa shape index (κ2) is 4.25. The molecule has 0 saturated carbocycles. The van der Waals surface area contributed by atoms with E-state index in [0.29, 0.717) is 5.92 Å². The molecule has 1 heteroatoms. The fraction of sp³-hybridized carbons (Fsp3) is 0.250. The fourth-order valence-corrected chi connectivity index (χ4v) is 2.67. The highest BCUT2D eigenvalue weighted by molar-refractivity contribution is 5.39. The van der Waals surface area contributed by atoms with Crippen molar-refractivity contribution in [2.24, 2.45) is 0 Å². The maximum atomic E-state index is 5.19. The van der Waals surface area contributed by atoms with E-state index in [9.17, 15) is 0 Å². The summed E-state index contributed by atoms with van der Waals surface area (Å²) in [5, 5.41) is 0. The molecule has 0 atom stereocenters. The van der Waals surface area contributed by atoms with Gasteiger partial charge < -0.3 is 4.74 Å². The van der Waals surface area contributed by atoms with Crippen LogP contribution in [0.4, 0.5) is 0 Å². The highest BCUT2D eigenvalue weighted by Crippen LogP contribution is 2.34. The third-order valence-corrected chi connectivity index (χ3v) is 3.64. The van der Waals surface area contributed by atoms with Gasteiger partial charge in [0.05, 0.1) is 7.11 Å². The maximum absolute atomic E-state index is 5.19. The van der Waals surface area contributed by atoms with Crippen LogP contribution in [0.5, 0.6) is 5.75 Å². The molecule has 3 rings (SSSR count). The molecule has 0 unspecified atom stereocenters. The van der Waals surface area contributed by atoms with Crippen LogP contribution in [0.1, 0.15) is 22.6 Å². The van der Waals surface area contributed by atoms with Gasteiger partial charge in [-0.05, 0) is 47.6 Å². The van der Waals surface area contributed by atoms with E-state index in [-0.39, 0.29) is 0 Å². The highest BCUT2D eigenvalue weighted by Gasteiger charge is 2.22. The number of fused-ring (bicyclic) bond motifs is 1. The van der Waals surface area contributed by atoms with Gasteiger partial charge >= 0.3 is 0 Å². The molecular weight excluding hydrogens is 208 g/mol. The normalized spacial score (nSPS) is 14.6. The van der Waals surface area contributed by atoms with Gasteiger partial charge in [-0.15, -0.1) is 0 Å². The van der Waals surface area contributed by atoms with Crippen LogP contribution < -0.4 is 4.74 Å². The first-order chi connectivity index (χ1) is 8.36. The number of hydrogen-bond donors (Lipinski definition) is 0. The minimum atomic E-state index is 0.637. The van der Waals surface area contributed by atoms with E-state index >= 15 is 0 Å². The van der Waals surface area contributed by atoms with Crippen molar-refractivity contribution in [3.05, 3.63) is 65.2 Å². The van der Waals surface area contributed by atoms with Crippen LogP contribution in [0, 0.1) is 0 Å². The largest absolute Gasteiger partial charge is 0.497 e. The topological polar surface area (TPSA) is 9.23 Å². The average molecular weight is 224 g/mol. The molecule has 0 spiro atoms. The Kier molecular flexibility index (Phi) is 2.60. The molecule has 0 aromatic heterocycles. The molecule has 0 radical (unpaired) electrons. The first-order valence-electron chi connectivity index (χ1n) is 6.07. The molecule has 2 aromatic carbocycles. The Bertz CT molecular complexity index is 488. The lowest BCUT2D eigenvalue weighted by atomic mass is 9.96. The Hall–Kier alpha value is -1.76. The van der Waals surface area contributed by atoms with Gasteiger partial charge in [0.1, 0.15) is 5.75 Å². The van der Waals surface area contributed by atoms with E-state index in [2.05, 4.69) is 48.5 Å². The highest BCUT2D eigenvalue weighted by atomic mass is 16.5. The second-order valence-corrected chi connectivity index (χ2v) is 4.65. The molecular formula is C16H16O. The molecule has 0 fully saturated rings. The Morgan fingerprint density at radius 1 is 0.882 bits per heavy atom. The summed E-state index contributed by atoms with van der Waals surface area (Å²) >= 11 is 0. The summed E-state index contributed by atoms with van der Waals surface area (Å²) in [5.41, 5.74) is 4.43. The standard InChI is InChI=1S/C16H16O/c1-17-16-8-6-12(7-9-16)15-10-13-4-2-3-5-14(13)11-15/h2-9,15H,10-11H2,1H3. The number of methoxy groups -OCH3 is 1. The SMILES string of the molecule is COc1ccc(C2Cc3ccccc3C2)cc1. The van der Waals surface area contributed by atoms with Gasteiger partial charge in [0.25, 0.3) is 0 Å². The van der Waals surface area contributed by atoms with Gasteiger partial charge in [-0.1, -0.05) is 36.4 Å². The lowest BCUT2D eigenvalue weighted by molar-refractivity contribution is 0.414. The third-order valence-electron chi connectivity index (χ3n) is 3.64. The molecule has 86 valence electrons. The van der Waals surface area contributed by atoms with E-state index in [1.807, 2.05) is 0 Å². The van der Waals surface area contributed by atoms with Crippen LogP contribution in [0.3, 0.4) is 0 Å². The van der Waals surface area contributed by atoms with Crippen LogP contribution >= 0.6 is 0 Å². The van der Waals surface area contributed by atoms with Crippen LogP contribution in [-0.4, -0.2) is 7.11 Å². The second-order valence-electron chi connectivity index (χ2n) is 4.65. The zero-order valence-corrected chi connectivity index (χ0v) is 10.0. The minimum absolute atomic E-state index is 0.637. The van der Waals surface area contributed by atoms with Crippen LogP contribution in [0.2, 0.25) is 0 Å². The molecule has 1 aliphatic rings. The van der Waals surface area contributed by atoms with E-state index in [0.717, 1.165) is 5.75 Å². The smallest absolute Gasteiger partial charge is 0.118 e. The van der Waals surface area contributed by atoms with Crippen molar-refractivity contribution in [2.75, 3.05) is 7.11 Å². The molecule has 1 nitrogen and oxygen atoms in total. The average Bonchev–Trinajstić information content (AvgIpc) is 2.82. The summed E-state index contributed by atoms with van der Waals surface area (Å²) in [4.78, 5) is 0. The van der Waals surface area contributed by atoms with Gasteiger partial charge in [-0.25, -0.2) is 0 Å². The summed E-state index contributed by atoms with van der Waals surface area (Å²) < 4.78 is 5.19. The summed E-state index contributed by atoms with van der Waals surface area (Å²) in [7, 11) is 1.71. The Morgan fingerprint density at radius 2 is 1.47 bits per heavy atom. The lowest BCUT2D eigenvalue weighted by Gasteiger charge is -2.10. The van der Waals surface area contributed by atoms with Crippen molar-refractivity contribution in [1.29, 1.82) is 0 Å². The molecule has 0 saturated heterocycles. The monoisotopic (exact) mass is 224 g/mol. The van der Waals surface area contributed by atoms with Gasteiger partial charge in [0.2, 0.25) is 0 Å². The van der Waals surface area contributed by atoms with E-state index in [4.69, 9.17) is 4.74 Å². The summed E-state index contributed by atoms with van der Waals surface area (Å²) in [6.45, 7) is 0. The van der Waals surface area contributed by atoms with Crippen molar-refractivity contribution in [2.45, 2.75) is 18.8 Å². The van der Waals surface area contributed by atoms with E-state index in [1.54, 1.807) is 7.11 Å². The Morgan fingerprint density at radius 3 is 2.00 bits per heavy atom. The fourth-order valence-electron chi connectivity index (χ4n) is 2.67. The zero-order valence-electron chi connectivity index (χ0n) is 10.0. The first-order valence-corrected chi connectivity index (χ1v) is 6.07. The lowest BCUT2D eigenvalue weighted by Crippen LogP contribution is -1.97. The van der Waals surface area contributed by atoms with Crippen molar-refractivity contribution in [3.63, 3.8) is 0 Å². The number of hydrogen-bond acceptors (Lipinski definition) is 1. The van der Waals surface area contributed by atoms with Crippen molar-refractivity contribution >= 4 is 0 Å². The Balaban J connectivity index is 1.83. The van der Waals surface area contributed by atoms with E-state index < -0.39 is 0 Å². The van der Waals surface area contributed by atoms with Crippen LogP contribution in [0.25, 0.3) is 0 Å². The van der Waals surface area contributed by atoms with Gasteiger partial charge in [-0.3, -0.25) is 0 Å². The number of ether oxygens (including phenoxy) is 1. The summed E-state index contributed by atoms with van der Waals surface area (Å²) in [5.74, 6) is 1.57.